The minimum atomic E-state index is -4.96. The van der Waals surface area contributed by atoms with Crippen molar-refractivity contribution in [3.8, 4) is 0 Å². The van der Waals surface area contributed by atoms with E-state index >= 15 is 0 Å². The van der Waals surface area contributed by atoms with Crippen LogP contribution in [0.4, 0.5) is 0 Å². The Hall–Kier alpha value is -1.94. The number of ether oxygens (including phenoxy) is 4. The molecule has 0 aromatic rings. The van der Waals surface area contributed by atoms with Gasteiger partial charge in [-0.3, -0.25) is 37.3 Å². The molecule has 17 nitrogen and oxygen atoms in total. The average Bonchev–Trinajstić information content (AvgIpc) is 1.25. The first-order chi connectivity index (χ1) is 46.5. The Kier molecular flexibility index (Phi) is 68.7. The van der Waals surface area contributed by atoms with E-state index < -0.39 is 97.5 Å². The van der Waals surface area contributed by atoms with Crippen LogP contribution in [0.15, 0.2) is 0 Å². The molecular formula is C77H150O17P2. The number of hydrogen-bond donors (Lipinski definition) is 3. The molecule has 0 aliphatic heterocycles. The number of unbranched alkanes of at least 4 members (excludes halogenated alkanes) is 49. The van der Waals surface area contributed by atoms with Crippen LogP contribution in [0, 0.1) is 5.92 Å². The van der Waals surface area contributed by atoms with Crippen LogP contribution in [0.2, 0.25) is 0 Å². The van der Waals surface area contributed by atoms with Gasteiger partial charge in [-0.15, -0.1) is 0 Å². The fourth-order valence-electron chi connectivity index (χ4n) is 11.9. The van der Waals surface area contributed by atoms with Gasteiger partial charge in [0.25, 0.3) is 0 Å². The summed E-state index contributed by atoms with van der Waals surface area (Å²) < 4.78 is 68.6. The fourth-order valence-corrected chi connectivity index (χ4v) is 13.5. The van der Waals surface area contributed by atoms with Crippen molar-refractivity contribution in [1.82, 2.24) is 0 Å². The van der Waals surface area contributed by atoms with Gasteiger partial charge >= 0.3 is 39.5 Å². The van der Waals surface area contributed by atoms with E-state index in [2.05, 4.69) is 34.6 Å². The number of rotatable bonds is 77. The van der Waals surface area contributed by atoms with Crippen molar-refractivity contribution in [2.24, 2.45) is 5.92 Å². The van der Waals surface area contributed by atoms with Crippen molar-refractivity contribution in [3.63, 3.8) is 0 Å². The summed E-state index contributed by atoms with van der Waals surface area (Å²) in [5.41, 5.74) is 0. The fraction of sp³-hybridized carbons (Fsp3) is 0.948. The monoisotopic (exact) mass is 1410 g/mol. The molecule has 0 rings (SSSR count). The van der Waals surface area contributed by atoms with Crippen molar-refractivity contribution in [2.75, 3.05) is 39.6 Å². The normalized spacial score (nSPS) is 13.9. The van der Waals surface area contributed by atoms with Gasteiger partial charge in [0, 0.05) is 25.7 Å². The number of phosphoric ester groups is 2. The lowest BCUT2D eigenvalue weighted by atomic mass is 10.0. The molecule has 0 aliphatic carbocycles. The average molecular weight is 1410 g/mol. The number of carbonyl (C=O) groups is 4. The predicted molar refractivity (Wildman–Crippen MR) is 391 cm³/mol. The van der Waals surface area contributed by atoms with Gasteiger partial charge in [-0.25, -0.2) is 9.13 Å². The van der Waals surface area contributed by atoms with Gasteiger partial charge in [-0.2, -0.15) is 0 Å². The van der Waals surface area contributed by atoms with Crippen LogP contribution in [0.3, 0.4) is 0 Å². The van der Waals surface area contributed by atoms with Gasteiger partial charge in [0.2, 0.25) is 0 Å². The molecule has 19 heteroatoms. The van der Waals surface area contributed by atoms with E-state index in [-0.39, 0.29) is 25.7 Å². The molecule has 0 aromatic heterocycles. The highest BCUT2D eigenvalue weighted by Gasteiger charge is 2.30. The molecule has 5 atom stereocenters. The number of aliphatic hydroxyl groups is 1. The maximum atomic E-state index is 13.1. The van der Waals surface area contributed by atoms with Crippen molar-refractivity contribution < 1.29 is 80.2 Å². The Morgan fingerprint density at radius 3 is 0.708 bits per heavy atom. The zero-order valence-electron chi connectivity index (χ0n) is 62.5. The van der Waals surface area contributed by atoms with E-state index in [4.69, 9.17) is 37.0 Å². The van der Waals surface area contributed by atoms with Crippen LogP contribution in [0.1, 0.15) is 407 Å². The van der Waals surface area contributed by atoms with Gasteiger partial charge in [0.15, 0.2) is 12.2 Å². The standard InChI is InChI=1S/C77H150O17P2/c1-6-9-12-15-18-21-24-27-30-33-35-40-45-50-55-60-74(79)87-66-72(93-77(82)63-58-53-48-42-37-34-31-28-25-22-19-16-13-10-7-2)68-91-95(83,84)89-64-71(78)65-90-96(85,86)92-69-73(67-88-75(80)61-56-51-46-43-38-39-44-49-54-59-70(4)5)94-76(81)62-57-52-47-41-36-32-29-26-23-20-17-14-11-8-3/h70-73,78H,6-69H2,1-5H3,(H,83,84)(H,85,86)/t71-,72-,73-/m1/s1. The summed E-state index contributed by atoms with van der Waals surface area (Å²) in [5.74, 6) is -1.36. The highest BCUT2D eigenvalue weighted by molar-refractivity contribution is 7.47. The van der Waals surface area contributed by atoms with Crippen LogP contribution in [-0.2, 0) is 65.4 Å². The summed E-state index contributed by atoms with van der Waals surface area (Å²) in [7, 11) is -9.91. The zero-order valence-corrected chi connectivity index (χ0v) is 64.3. The van der Waals surface area contributed by atoms with Crippen LogP contribution < -0.4 is 0 Å². The SMILES string of the molecule is CCCCCCCCCCCCCCCCCC(=O)OC[C@H](COP(=O)(O)OC[C@@H](O)COP(=O)(O)OC[C@@H](COC(=O)CCCCCCCCCCCC(C)C)OC(=O)CCCCCCCCCCCCCCCC)OC(=O)CCCCCCCCCCCCCCCCC. The van der Waals surface area contributed by atoms with Crippen molar-refractivity contribution in [3.05, 3.63) is 0 Å². The Morgan fingerprint density at radius 2 is 0.479 bits per heavy atom. The first-order valence-electron chi connectivity index (χ1n) is 40.1. The highest BCUT2D eigenvalue weighted by Crippen LogP contribution is 2.45. The van der Waals surface area contributed by atoms with Crippen molar-refractivity contribution in [2.45, 2.75) is 425 Å². The summed E-state index contributed by atoms with van der Waals surface area (Å²) in [6, 6.07) is 0. The topological polar surface area (TPSA) is 237 Å². The molecule has 96 heavy (non-hydrogen) atoms. The van der Waals surface area contributed by atoms with Crippen LogP contribution in [0.25, 0.3) is 0 Å². The van der Waals surface area contributed by atoms with Crippen LogP contribution in [0.5, 0.6) is 0 Å². The molecular weight excluding hydrogens is 1260 g/mol. The molecule has 0 spiro atoms. The third-order valence-corrected chi connectivity index (χ3v) is 19.9. The summed E-state index contributed by atoms with van der Waals surface area (Å²) in [6.07, 6.45) is 59.5. The summed E-state index contributed by atoms with van der Waals surface area (Å²) in [5, 5.41) is 10.6. The zero-order chi connectivity index (χ0) is 70.5. The van der Waals surface area contributed by atoms with Gasteiger partial charge in [0.05, 0.1) is 26.4 Å². The summed E-state index contributed by atoms with van der Waals surface area (Å²) in [6.45, 7) is 7.30. The lowest BCUT2D eigenvalue weighted by molar-refractivity contribution is -0.161. The summed E-state index contributed by atoms with van der Waals surface area (Å²) >= 11 is 0. The number of esters is 4. The smallest absolute Gasteiger partial charge is 0.462 e. The Morgan fingerprint density at radius 1 is 0.281 bits per heavy atom. The lowest BCUT2D eigenvalue weighted by Gasteiger charge is -2.21. The molecule has 0 aliphatic rings. The molecule has 0 amide bonds. The second-order valence-electron chi connectivity index (χ2n) is 28.2. The lowest BCUT2D eigenvalue weighted by Crippen LogP contribution is -2.30. The van der Waals surface area contributed by atoms with Gasteiger partial charge in [-0.05, 0) is 31.6 Å². The van der Waals surface area contributed by atoms with Crippen LogP contribution in [-0.4, -0.2) is 96.7 Å². The molecule has 2 unspecified atom stereocenters. The quantitative estimate of drug-likeness (QED) is 0.0222. The molecule has 0 fully saturated rings. The maximum Gasteiger partial charge on any atom is 0.472 e. The Bertz CT molecular complexity index is 1840. The number of phosphoric acid groups is 2. The molecule has 0 saturated heterocycles. The molecule has 0 saturated carbocycles. The number of hydrogen-bond acceptors (Lipinski definition) is 15. The third-order valence-electron chi connectivity index (χ3n) is 18.0. The van der Waals surface area contributed by atoms with Crippen LogP contribution >= 0.6 is 15.6 Å². The van der Waals surface area contributed by atoms with Gasteiger partial charge in [-0.1, -0.05) is 356 Å². The second-order valence-corrected chi connectivity index (χ2v) is 31.1. The van der Waals surface area contributed by atoms with E-state index in [0.717, 1.165) is 95.8 Å². The van der Waals surface area contributed by atoms with Gasteiger partial charge in [0.1, 0.15) is 19.3 Å². The van der Waals surface area contributed by atoms with E-state index in [1.807, 2.05) is 0 Å². The minimum absolute atomic E-state index is 0.108. The maximum absolute atomic E-state index is 13.1. The van der Waals surface area contributed by atoms with Crippen molar-refractivity contribution >= 4 is 39.5 Å². The number of carbonyl (C=O) groups excluding carboxylic acids is 4. The third kappa shape index (κ3) is 70.5. The molecule has 570 valence electrons. The van der Waals surface area contributed by atoms with E-state index in [1.165, 1.54) is 231 Å². The van der Waals surface area contributed by atoms with E-state index in [9.17, 15) is 43.2 Å². The van der Waals surface area contributed by atoms with Crippen molar-refractivity contribution in [1.29, 1.82) is 0 Å². The first-order valence-corrected chi connectivity index (χ1v) is 43.1. The largest absolute Gasteiger partial charge is 0.472 e. The van der Waals surface area contributed by atoms with Gasteiger partial charge < -0.3 is 33.8 Å². The molecule has 0 heterocycles. The summed E-state index contributed by atoms with van der Waals surface area (Å²) in [4.78, 5) is 72.9. The molecule has 0 radical (unpaired) electrons. The second kappa shape index (κ2) is 70.1. The number of aliphatic hydroxyl groups excluding tert-OH is 1. The minimum Gasteiger partial charge on any atom is -0.462 e. The molecule has 0 bridgehead atoms. The van der Waals surface area contributed by atoms with E-state index in [0.29, 0.717) is 25.7 Å². The highest BCUT2D eigenvalue weighted by atomic mass is 31.2. The van der Waals surface area contributed by atoms with E-state index in [1.54, 1.807) is 0 Å². The molecule has 3 N–H and O–H groups in total. The Balaban J connectivity index is 5.26. The molecule has 0 aromatic carbocycles. The Labute approximate surface area is 588 Å². The predicted octanol–water partition coefficient (Wildman–Crippen LogP) is 22.9. The first kappa shape index (κ1) is 94.1.